The molecule has 0 N–H and O–H groups in total. The van der Waals surface area contributed by atoms with Crippen LogP contribution in [0.2, 0.25) is 0 Å². The van der Waals surface area contributed by atoms with Crippen LogP contribution >= 0.6 is 0 Å². The van der Waals surface area contributed by atoms with Crippen molar-refractivity contribution in [1.29, 1.82) is 0 Å². The quantitative estimate of drug-likeness (QED) is 0.768. The summed E-state index contributed by atoms with van der Waals surface area (Å²) in [4.78, 5) is 14.6. The van der Waals surface area contributed by atoms with Crippen molar-refractivity contribution >= 4 is 5.91 Å². The molecule has 1 amide bonds. The van der Waals surface area contributed by atoms with Crippen molar-refractivity contribution in [2.45, 2.75) is 31.5 Å². The van der Waals surface area contributed by atoms with Gasteiger partial charge >= 0.3 is 6.36 Å². The second-order valence-corrected chi connectivity index (χ2v) is 6.40. The molecule has 2 aromatic carbocycles. The summed E-state index contributed by atoms with van der Waals surface area (Å²) < 4.78 is 41.9. The first-order valence-electron chi connectivity index (χ1n) is 8.63. The highest BCUT2D eigenvalue weighted by Crippen LogP contribution is 2.30. The number of para-hydroxylation sites is 1. The number of carbonyl (C=O) groups is 1. The van der Waals surface area contributed by atoms with Gasteiger partial charge in [-0.2, -0.15) is 0 Å². The number of benzene rings is 2. The minimum Gasteiger partial charge on any atom is -0.405 e. The van der Waals surface area contributed by atoms with Crippen molar-refractivity contribution < 1.29 is 22.7 Å². The van der Waals surface area contributed by atoms with Crippen LogP contribution in [0.5, 0.6) is 5.75 Å². The predicted molar refractivity (Wildman–Crippen MR) is 92.1 cm³/mol. The number of amides is 1. The Morgan fingerprint density at radius 3 is 2.42 bits per heavy atom. The molecule has 3 nitrogen and oxygen atoms in total. The summed E-state index contributed by atoms with van der Waals surface area (Å²) in [5.74, 6) is -0.698. The topological polar surface area (TPSA) is 29.5 Å². The molecule has 1 aliphatic rings. The highest BCUT2D eigenvalue weighted by atomic mass is 19.4. The van der Waals surface area contributed by atoms with Crippen molar-refractivity contribution in [2.75, 3.05) is 13.1 Å². The summed E-state index contributed by atoms with van der Waals surface area (Å²) in [6, 6.07) is 15.4. The predicted octanol–water partition coefficient (Wildman–Crippen LogP) is 5.00. The molecule has 138 valence electrons. The van der Waals surface area contributed by atoms with E-state index in [0.29, 0.717) is 13.1 Å². The summed E-state index contributed by atoms with van der Waals surface area (Å²) >= 11 is 0. The monoisotopic (exact) mass is 363 g/mol. The number of rotatable bonds is 3. The van der Waals surface area contributed by atoms with Gasteiger partial charge in [-0.3, -0.25) is 4.79 Å². The fourth-order valence-corrected chi connectivity index (χ4v) is 3.35. The zero-order valence-corrected chi connectivity index (χ0v) is 14.2. The van der Waals surface area contributed by atoms with E-state index >= 15 is 0 Å². The molecule has 1 unspecified atom stereocenters. The molecule has 2 aromatic rings. The second-order valence-electron chi connectivity index (χ2n) is 6.40. The Bertz CT molecular complexity index is 746. The van der Waals surface area contributed by atoms with Gasteiger partial charge in [-0.05, 0) is 30.5 Å². The maximum absolute atomic E-state index is 12.9. The summed E-state index contributed by atoms with van der Waals surface area (Å²) in [5.41, 5.74) is 1.09. The average molecular weight is 363 g/mol. The first-order valence-corrected chi connectivity index (χ1v) is 8.63. The Morgan fingerprint density at radius 1 is 1.00 bits per heavy atom. The van der Waals surface area contributed by atoms with Crippen LogP contribution in [0.3, 0.4) is 0 Å². The van der Waals surface area contributed by atoms with E-state index in [2.05, 4.69) is 4.74 Å². The minimum atomic E-state index is -4.83. The van der Waals surface area contributed by atoms with Gasteiger partial charge in [0.2, 0.25) is 0 Å². The van der Waals surface area contributed by atoms with Gasteiger partial charge in [0.1, 0.15) is 5.75 Å². The van der Waals surface area contributed by atoms with Gasteiger partial charge in [0.25, 0.3) is 5.91 Å². The van der Waals surface area contributed by atoms with E-state index in [1.807, 2.05) is 30.3 Å². The SMILES string of the molecule is O=C(c1ccccc1OC(F)(F)F)N1CCCCC(c2ccccc2)C1. The molecule has 0 aliphatic carbocycles. The molecule has 1 fully saturated rings. The zero-order chi connectivity index (χ0) is 18.6. The maximum atomic E-state index is 12.9. The van der Waals surface area contributed by atoms with Crippen molar-refractivity contribution in [1.82, 2.24) is 4.90 Å². The van der Waals surface area contributed by atoms with Crippen molar-refractivity contribution in [3.8, 4) is 5.75 Å². The van der Waals surface area contributed by atoms with Crippen LogP contribution in [0.25, 0.3) is 0 Å². The minimum absolute atomic E-state index is 0.0569. The lowest BCUT2D eigenvalue weighted by Crippen LogP contribution is -2.34. The van der Waals surface area contributed by atoms with Gasteiger partial charge < -0.3 is 9.64 Å². The van der Waals surface area contributed by atoms with Crippen LogP contribution in [0, 0.1) is 0 Å². The standard InChI is InChI=1S/C20H20F3NO2/c21-20(22,23)26-18-12-5-4-11-17(18)19(25)24-13-7-6-10-16(14-24)15-8-2-1-3-9-15/h1-5,8-9,11-12,16H,6-7,10,13-14H2. The molecule has 1 atom stereocenters. The summed E-state index contributed by atoms with van der Waals surface area (Å²) in [6.07, 6.45) is -2.07. The molecule has 6 heteroatoms. The zero-order valence-electron chi connectivity index (χ0n) is 14.2. The number of hydrogen-bond acceptors (Lipinski definition) is 2. The molecular weight excluding hydrogens is 343 g/mol. The molecule has 1 saturated heterocycles. The van der Waals surface area contributed by atoms with Crippen LogP contribution in [0.4, 0.5) is 13.2 Å². The fraction of sp³-hybridized carbons (Fsp3) is 0.350. The number of hydrogen-bond donors (Lipinski definition) is 0. The van der Waals surface area contributed by atoms with Gasteiger partial charge in [-0.1, -0.05) is 48.9 Å². The first-order chi connectivity index (χ1) is 12.4. The van der Waals surface area contributed by atoms with Crippen LogP contribution in [0.15, 0.2) is 54.6 Å². The Balaban J connectivity index is 1.83. The molecule has 0 aromatic heterocycles. The van der Waals surface area contributed by atoms with E-state index < -0.39 is 18.0 Å². The van der Waals surface area contributed by atoms with Gasteiger partial charge in [-0.25, -0.2) is 0 Å². The number of halogens is 3. The number of likely N-dealkylation sites (tertiary alicyclic amines) is 1. The Morgan fingerprint density at radius 2 is 1.69 bits per heavy atom. The molecule has 1 aliphatic heterocycles. The molecule has 0 bridgehead atoms. The van der Waals surface area contributed by atoms with Crippen LogP contribution in [-0.4, -0.2) is 30.3 Å². The normalized spacial score (nSPS) is 18.3. The molecule has 0 spiro atoms. The van der Waals surface area contributed by atoms with E-state index in [-0.39, 0.29) is 11.5 Å². The number of carbonyl (C=O) groups excluding carboxylic acids is 1. The molecule has 0 radical (unpaired) electrons. The van der Waals surface area contributed by atoms with Gasteiger partial charge in [0.05, 0.1) is 5.56 Å². The summed E-state index contributed by atoms with van der Waals surface area (Å²) in [6.45, 7) is 1.02. The number of nitrogens with zero attached hydrogens (tertiary/aromatic N) is 1. The molecule has 3 rings (SSSR count). The smallest absolute Gasteiger partial charge is 0.405 e. The lowest BCUT2D eigenvalue weighted by Gasteiger charge is -2.26. The van der Waals surface area contributed by atoms with Crippen LogP contribution in [-0.2, 0) is 0 Å². The third kappa shape index (κ3) is 4.56. The summed E-state index contributed by atoms with van der Waals surface area (Å²) in [7, 11) is 0. The van der Waals surface area contributed by atoms with Gasteiger partial charge in [-0.15, -0.1) is 13.2 Å². The van der Waals surface area contributed by atoms with Crippen LogP contribution in [0.1, 0.15) is 41.1 Å². The fourth-order valence-electron chi connectivity index (χ4n) is 3.35. The van der Waals surface area contributed by atoms with Gasteiger partial charge in [0.15, 0.2) is 0 Å². The highest BCUT2D eigenvalue weighted by Gasteiger charge is 2.34. The van der Waals surface area contributed by atoms with Crippen molar-refractivity contribution in [3.05, 3.63) is 65.7 Å². The average Bonchev–Trinajstić information content (AvgIpc) is 2.87. The Hall–Kier alpha value is -2.50. The first kappa shape index (κ1) is 18.3. The Kier molecular flexibility index (Phi) is 5.49. The molecular formula is C20H20F3NO2. The van der Waals surface area contributed by atoms with E-state index in [1.165, 1.54) is 18.2 Å². The van der Waals surface area contributed by atoms with Crippen LogP contribution < -0.4 is 4.74 Å². The maximum Gasteiger partial charge on any atom is 0.573 e. The third-order valence-electron chi connectivity index (χ3n) is 4.57. The van der Waals surface area contributed by atoms with E-state index in [1.54, 1.807) is 11.0 Å². The Labute approximate surface area is 150 Å². The second kappa shape index (κ2) is 7.81. The number of ether oxygens (including phenoxy) is 1. The lowest BCUT2D eigenvalue weighted by atomic mass is 9.94. The van der Waals surface area contributed by atoms with E-state index in [4.69, 9.17) is 0 Å². The van der Waals surface area contributed by atoms with Crippen molar-refractivity contribution in [3.63, 3.8) is 0 Å². The molecule has 0 saturated carbocycles. The summed E-state index contributed by atoms with van der Waals surface area (Å²) in [5, 5.41) is 0. The highest BCUT2D eigenvalue weighted by molar-refractivity contribution is 5.97. The largest absolute Gasteiger partial charge is 0.573 e. The lowest BCUT2D eigenvalue weighted by molar-refractivity contribution is -0.274. The molecule has 26 heavy (non-hydrogen) atoms. The molecule has 1 heterocycles. The van der Waals surface area contributed by atoms with E-state index in [0.717, 1.165) is 24.8 Å². The number of alkyl halides is 3. The van der Waals surface area contributed by atoms with Gasteiger partial charge in [0, 0.05) is 19.0 Å². The van der Waals surface area contributed by atoms with Crippen molar-refractivity contribution in [2.24, 2.45) is 0 Å². The van der Waals surface area contributed by atoms with E-state index in [9.17, 15) is 18.0 Å². The third-order valence-corrected chi connectivity index (χ3v) is 4.57.